The van der Waals surface area contributed by atoms with E-state index in [1.165, 1.54) is 0 Å². The first-order valence-corrected chi connectivity index (χ1v) is 4.05. The number of hydrogen-bond acceptors (Lipinski definition) is 6. The molecular weight excluding hydrogens is 194 g/mol. The van der Waals surface area contributed by atoms with Gasteiger partial charge in [0, 0.05) is 6.04 Å². The first kappa shape index (κ1) is 13.7. The van der Waals surface area contributed by atoms with Crippen LogP contribution in [0.15, 0.2) is 0 Å². The standard InChI is InChI=1S/C7H15NO5.H2O/c8-3-1-7(13,2-9)6(12)5(11)4(3)10;/h3-6,9-13H,1-2,8H2;1H2/t3-,4+,5-,6+,7+;/m1./s1. The third-order valence-electron chi connectivity index (χ3n) is 2.53. The number of aliphatic hydroxyl groups excluding tert-OH is 4. The highest BCUT2D eigenvalue weighted by molar-refractivity contribution is 5.03. The summed E-state index contributed by atoms with van der Waals surface area (Å²) in [4.78, 5) is 0. The van der Waals surface area contributed by atoms with Crippen molar-refractivity contribution in [1.29, 1.82) is 0 Å². The smallest absolute Gasteiger partial charge is 0.118 e. The van der Waals surface area contributed by atoms with Crippen LogP contribution in [0.25, 0.3) is 0 Å². The van der Waals surface area contributed by atoms with Crippen LogP contribution in [0.2, 0.25) is 0 Å². The van der Waals surface area contributed by atoms with Crippen LogP contribution in [-0.4, -0.2) is 67.6 Å². The van der Waals surface area contributed by atoms with Crippen molar-refractivity contribution in [3.05, 3.63) is 0 Å². The van der Waals surface area contributed by atoms with E-state index < -0.39 is 36.6 Å². The Bertz CT molecular complexity index is 191. The van der Waals surface area contributed by atoms with E-state index in [9.17, 15) is 20.4 Å². The zero-order valence-electron chi connectivity index (χ0n) is 7.54. The van der Waals surface area contributed by atoms with Crippen molar-refractivity contribution in [3.8, 4) is 0 Å². The Morgan fingerprint density at radius 2 is 1.71 bits per heavy atom. The number of nitrogens with two attached hydrogens (primary N) is 1. The van der Waals surface area contributed by atoms with Crippen molar-refractivity contribution < 1.29 is 31.0 Å². The number of aliphatic hydroxyl groups is 5. The minimum atomic E-state index is -1.82. The zero-order chi connectivity index (χ0) is 10.2. The van der Waals surface area contributed by atoms with Crippen LogP contribution in [0.5, 0.6) is 0 Å². The molecule has 0 aromatic carbocycles. The van der Waals surface area contributed by atoms with Gasteiger partial charge >= 0.3 is 0 Å². The molecule has 5 atom stereocenters. The van der Waals surface area contributed by atoms with E-state index in [0.717, 1.165) is 0 Å². The molecule has 0 radical (unpaired) electrons. The van der Waals surface area contributed by atoms with Gasteiger partial charge in [0.05, 0.1) is 12.7 Å². The number of hydrogen-bond donors (Lipinski definition) is 6. The van der Waals surface area contributed by atoms with Gasteiger partial charge in [-0.05, 0) is 6.42 Å². The monoisotopic (exact) mass is 211 g/mol. The molecule has 7 heteroatoms. The molecule has 7 nitrogen and oxygen atoms in total. The Morgan fingerprint density at radius 3 is 2.14 bits per heavy atom. The van der Waals surface area contributed by atoms with Crippen molar-refractivity contribution in [2.24, 2.45) is 5.73 Å². The van der Waals surface area contributed by atoms with Gasteiger partial charge in [-0.25, -0.2) is 0 Å². The summed E-state index contributed by atoms with van der Waals surface area (Å²) in [5, 5.41) is 46.1. The summed E-state index contributed by atoms with van der Waals surface area (Å²) in [6.07, 6.45) is -4.53. The summed E-state index contributed by atoms with van der Waals surface area (Å²) in [6, 6.07) is -0.851. The zero-order valence-corrected chi connectivity index (χ0v) is 7.54. The predicted octanol–water partition coefficient (Wildman–Crippen LogP) is -4.30. The normalized spacial score (nSPS) is 48.4. The second-order valence-electron chi connectivity index (χ2n) is 3.56. The fraction of sp³-hybridized carbons (Fsp3) is 1.00. The minimum absolute atomic E-state index is 0. The summed E-state index contributed by atoms with van der Waals surface area (Å²) < 4.78 is 0. The maximum Gasteiger partial charge on any atom is 0.118 e. The maximum atomic E-state index is 9.56. The molecule has 1 saturated carbocycles. The van der Waals surface area contributed by atoms with Gasteiger partial charge < -0.3 is 36.7 Å². The van der Waals surface area contributed by atoms with Crippen molar-refractivity contribution in [1.82, 2.24) is 0 Å². The summed E-state index contributed by atoms with van der Waals surface area (Å²) in [5.41, 5.74) is 3.57. The van der Waals surface area contributed by atoms with Crippen LogP contribution in [0.4, 0.5) is 0 Å². The van der Waals surface area contributed by atoms with Gasteiger partial charge in [0.25, 0.3) is 0 Å². The lowest BCUT2D eigenvalue weighted by Crippen LogP contribution is -2.66. The van der Waals surface area contributed by atoms with E-state index in [-0.39, 0.29) is 11.9 Å². The van der Waals surface area contributed by atoms with E-state index in [2.05, 4.69) is 0 Å². The quantitative estimate of drug-likeness (QED) is 0.257. The van der Waals surface area contributed by atoms with Gasteiger partial charge in [0.1, 0.15) is 17.8 Å². The molecule has 86 valence electrons. The van der Waals surface area contributed by atoms with Crippen molar-refractivity contribution in [3.63, 3.8) is 0 Å². The van der Waals surface area contributed by atoms with Crippen molar-refractivity contribution >= 4 is 0 Å². The molecule has 0 unspecified atom stereocenters. The van der Waals surface area contributed by atoms with Crippen LogP contribution < -0.4 is 5.73 Å². The highest BCUT2D eigenvalue weighted by atomic mass is 16.4. The average Bonchev–Trinajstić information content (AvgIpc) is 2.12. The van der Waals surface area contributed by atoms with Gasteiger partial charge in [-0.3, -0.25) is 0 Å². The SMILES string of the molecule is N[C@@H]1C[C@](O)(CO)[C@@H](O)[C@H](O)[C@H]1O.O. The van der Waals surface area contributed by atoms with Gasteiger partial charge in [-0.1, -0.05) is 0 Å². The van der Waals surface area contributed by atoms with Crippen LogP contribution in [0.1, 0.15) is 6.42 Å². The Hall–Kier alpha value is -0.280. The third-order valence-corrected chi connectivity index (χ3v) is 2.53. The van der Waals surface area contributed by atoms with Crippen LogP contribution >= 0.6 is 0 Å². The number of rotatable bonds is 1. The molecule has 0 aromatic heterocycles. The second-order valence-corrected chi connectivity index (χ2v) is 3.56. The Kier molecular flexibility index (Phi) is 4.40. The summed E-state index contributed by atoms with van der Waals surface area (Å²) in [5.74, 6) is 0. The molecule has 0 bridgehead atoms. The van der Waals surface area contributed by atoms with Crippen molar-refractivity contribution in [2.75, 3.05) is 6.61 Å². The molecule has 0 amide bonds. The Balaban J connectivity index is 0.00000169. The Labute approximate surface area is 80.7 Å². The van der Waals surface area contributed by atoms with Gasteiger partial charge in [-0.15, -0.1) is 0 Å². The minimum Gasteiger partial charge on any atom is -0.412 e. The molecule has 0 spiro atoms. The van der Waals surface area contributed by atoms with Gasteiger partial charge in [0.2, 0.25) is 0 Å². The summed E-state index contributed by atoms with van der Waals surface area (Å²) in [7, 11) is 0. The van der Waals surface area contributed by atoms with Crippen LogP contribution in [0.3, 0.4) is 0 Å². The van der Waals surface area contributed by atoms with Gasteiger partial charge in [-0.2, -0.15) is 0 Å². The summed E-state index contributed by atoms with van der Waals surface area (Å²) in [6.45, 7) is -0.703. The van der Waals surface area contributed by atoms with E-state index in [1.807, 2.05) is 0 Å². The molecule has 0 saturated heterocycles. The molecule has 1 aliphatic rings. The lowest BCUT2D eigenvalue weighted by atomic mass is 9.77. The molecule has 9 N–H and O–H groups in total. The van der Waals surface area contributed by atoms with Crippen molar-refractivity contribution in [2.45, 2.75) is 36.4 Å². The average molecular weight is 211 g/mol. The van der Waals surface area contributed by atoms with Crippen LogP contribution in [-0.2, 0) is 0 Å². The highest BCUT2D eigenvalue weighted by Crippen LogP contribution is 2.28. The first-order chi connectivity index (χ1) is 5.92. The molecular formula is C7H17NO6. The van der Waals surface area contributed by atoms with E-state index >= 15 is 0 Å². The van der Waals surface area contributed by atoms with Gasteiger partial charge in [0.15, 0.2) is 0 Å². The van der Waals surface area contributed by atoms with E-state index in [0.29, 0.717) is 0 Å². The molecule has 14 heavy (non-hydrogen) atoms. The fourth-order valence-electron chi connectivity index (χ4n) is 1.57. The molecule has 0 aliphatic heterocycles. The highest BCUT2D eigenvalue weighted by Gasteiger charge is 2.49. The lowest BCUT2D eigenvalue weighted by molar-refractivity contribution is -0.203. The lowest BCUT2D eigenvalue weighted by Gasteiger charge is -2.43. The summed E-state index contributed by atoms with van der Waals surface area (Å²) >= 11 is 0. The first-order valence-electron chi connectivity index (χ1n) is 4.05. The predicted molar refractivity (Wildman–Crippen MR) is 46.3 cm³/mol. The van der Waals surface area contributed by atoms with Crippen LogP contribution in [0, 0.1) is 0 Å². The maximum absolute atomic E-state index is 9.56. The molecule has 1 rings (SSSR count). The van der Waals surface area contributed by atoms with E-state index in [1.54, 1.807) is 0 Å². The third kappa shape index (κ3) is 2.04. The molecule has 0 heterocycles. The fourth-order valence-corrected chi connectivity index (χ4v) is 1.57. The second kappa shape index (κ2) is 4.49. The molecule has 0 aromatic rings. The molecule has 1 aliphatic carbocycles. The van der Waals surface area contributed by atoms with E-state index in [4.69, 9.17) is 10.8 Å². The largest absolute Gasteiger partial charge is 0.412 e. The Morgan fingerprint density at radius 1 is 1.21 bits per heavy atom. The topological polar surface area (TPSA) is 159 Å². The molecule has 1 fully saturated rings.